The largest absolute Gasteiger partial charge is 0.395 e. The van der Waals surface area contributed by atoms with Gasteiger partial charge in [0.2, 0.25) is 5.91 Å². The summed E-state index contributed by atoms with van der Waals surface area (Å²) >= 11 is 0. The number of aliphatic hydroxyl groups is 1. The van der Waals surface area contributed by atoms with Gasteiger partial charge in [0.15, 0.2) is 0 Å². The van der Waals surface area contributed by atoms with Crippen molar-refractivity contribution in [1.29, 1.82) is 0 Å². The van der Waals surface area contributed by atoms with E-state index in [1.54, 1.807) is 0 Å². The summed E-state index contributed by atoms with van der Waals surface area (Å²) in [6.45, 7) is 6.40. The molecular formula is C13H19NO2. The fourth-order valence-corrected chi connectivity index (χ4v) is 1.91. The summed E-state index contributed by atoms with van der Waals surface area (Å²) in [4.78, 5) is 11.5. The molecule has 0 heterocycles. The van der Waals surface area contributed by atoms with E-state index in [0.717, 1.165) is 16.7 Å². The predicted molar refractivity (Wildman–Crippen MR) is 64.5 cm³/mol. The van der Waals surface area contributed by atoms with Gasteiger partial charge in [0, 0.05) is 6.54 Å². The Labute approximate surface area is 96.5 Å². The molecule has 1 amide bonds. The third-order valence-corrected chi connectivity index (χ3v) is 2.61. The molecule has 0 spiro atoms. The molecule has 0 aliphatic carbocycles. The molecule has 0 aromatic heterocycles. The molecular weight excluding hydrogens is 202 g/mol. The second-order valence-corrected chi connectivity index (χ2v) is 4.13. The molecule has 0 saturated carbocycles. The quantitative estimate of drug-likeness (QED) is 0.804. The van der Waals surface area contributed by atoms with Gasteiger partial charge in [-0.05, 0) is 37.5 Å². The summed E-state index contributed by atoms with van der Waals surface area (Å²) in [6, 6.07) is 4.17. The molecule has 3 nitrogen and oxygen atoms in total. The number of hydrogen-bond donors (Lipinski definition) is 2. The number of hydrogen-bond acceptors (Lipinski definition) is 2. The van der Waals surface area contributed by atoms with E-state index in [4.69, 9.17) is 5.11 Å². The van der Waals surface area contributed by atoms with Gasteiger partial charge in [-0.2, -0.15) is 0 Å². The van der Waals surface area contributed by atoms with Crippen molar-refractivity contribution in [2.24, 2.45) is 0 Å². The number of carbonyl (C=O) groups is 1. The van der Waals surface area contributed by atoms with Gasteiger partial charge in [0.25, 0.3) is 0 Å². The minimum Gasteiger partial charge on any atom is -0.395 e. The van der Waals surface area contributed by atoms with Crippen LogP contribution in [0.5, 0.6) is 0 Å². The maximum absolute atomic E-state index is 11.5. The van der Waals surface area contributed by atoms with E-state index < -0.39 is 0 Å². The highest BCUT2D eigenvalue weighted by Gasteiger charge is 2.08. The Kier molecular flexibility index (Phi) is 4.50. The zero-order chi connectivity index (χ0) is 12.1. The number of aliphatic hydroxyl groups excluding tert-OH is 1. The highest BCUT2D eigenvalue weighted by molar-refractivity contribution is 5.79. The number of aryl methyl sites for hydroxylation is 3. The van der Waals surface area contributed by atoms with Gasteiger partial charge in [-0.15, -0.1) is 0 Å². The maximum Gasteiger partial charge on any atom is 0.224 e. The van der Waals surface area contributed by atoms with E-state index in [1.165, 1.54) is 5.56 Å². The second-order valence-electron chi connectivity index (χ2n) is 4.13. The van der Waals surface area contributed by atoms with Crippen LogP contribution in [0.1, 0.15) is 22.3 Å². The lowest BCUT2D eigenvalue weighted by Gasteiger charge is -2.11. The molecule has 3 heteroatoms. The standard InChI is InChI=1S/C13H19NO2/c1-9-6-10(2)12(11(3)7-9)8-13(16)14-4-5-15/h6-7,15H,4-5,8H2,1-3H3,(H,14,16). The first-order chi connectivity index (χ1) is 7.54. The topological polar surface area (TPSA) is 49.3 Å². The average molecular weight is 221 g/mol. The minimum absolute atomic E-state index is 0.0163. The smallest absolute Gasteiger partial charge is 0.224 e. The van der Waals surface area contributed by atoms with Gasteiger partial charge in [-0.3, -0.25) is 4.79 Å². The summed E-state index contributed by atoms with van der Waals surface area (Å²) in [5.41, 5.74) is 4.60. The third-order valence-electron chi connectivity index (χ3n) is 2.61. The zero-order valence-corrected chi connectivity index (χ0v) is 10.1. The number of carbonyl (C=O) groups excluding carboxylic acids is 1. The van der Waals surface area contributed by atoms with Gasteiger partial charge in [0.05, 0.1) is 13.0 Å². The Morgan fingerprint density at radius 1 is 1.25 bits per heavy atom. The van der Waals surface area contributed by atoms with Gasteiger partial charge < -0.3 is 10.4 Å². The van der Waals surface area contributed by atoms with Crippen molar-refractivity contribution < 1.29 is 9.90 Å². The number of amides is 1. The Hall–Kier alpha value is -1.35. The highest BCUT2D eigenvalue weighted by atomic mass is 16.3. The van der Waals surface area contributed by atoms with Crippen LogP contribution in [0.25, 0.3) is 0 Å². The van der Waals surface area contributed by atoms with Crippen molar-refractivity contribution >= 4 is 5.91 Å². The fourth-order valence-electron chi connectivity index (χ4n) is 1.91. The maximum atomic E-state index is 11.5. The van der Waals surface area contributed by atoms with E-state index in [-0.39, 0.29) is 12.5 Å². The van der Waals surface area contributed by atoms with Crippen LogP contribution in [0.15, 0.2) is 12.1 Å². The van der Waals surface area contributed by atoms with E-state index >= 15 is 0 Å². The molecule has 1 rings (SSSR count). The first-order valence-corrected chi connectivity index (χ1v) is 5.49. The van der Waals surface area contributed by atoms with E-state index in [1.807, 2.05) is 13.8 Å². The van der Waals surface area contributed by atoms with Crippen molar-refractivity contribution in [3.8, 4) is 0 Å². The van der Waals surface area contributed by atoms with Crippen LogP contribution in [0.3, 0.4) is 0 Å². The van der Waals surface area contributed by atoms with Crippen LogP contribution < -0.4 is 5.32 Å². The first-order valence-electron chi connectivity index (χ1n) is 5.49. The van der Waals surface area contributed by atoms with Crippen molar-refractivity contribution in [2.45, 2.75) is 27.2 Å². The third kappa shape index (κ3) is 3.35. The van der Waals surface area contributed by atoms with Gasteiger partial charge in [-0.25, -0.2) is 0 Å². The van der Waals surface area contributed by atoms with Crippen LogP contribution in [-0.2, 0) is 11.2 Å². The van der Waals surface area contributed by atoms with Crippen LogP contribution in [0.4, 0.5) is 0 Å². The number of benzene rings is 1. The predicted octanol–water partition coefficient (Wildman–Crippen LogP) is 1.26. The van der Waals surface area contributed by atoms with E-state index in [9.17, 15) is 4.79 Å². The Morgan fingerprint density at radius 3 is 2.31 bits per heavy atom. The fraction of sp³-hybridized carbons (Fsp3) is 0.462. The minimum atomic E-state index is -0.0379. The van der Waals surface area contributed by atoms with Crippen LogP contribution >= 0.6 is 0 Å². The normalized spacial score (nSPS) is 10.2. The SMILES string of the molecule is Cc1cc(C)c(CC(=O)NCCO)c(C)c1. The molecule has 0 aliphatic heterocycles. The van der Waals surface area contributed by atoms with Crippen LogP contribution in [-0.4, -0.2) is 24.2 Å². The van der Waals surface area contributed by atoms with Crippen molar-refractivity contribution in [1.82, 2.24) is 5.32 Å². The molecule has 0 saturated heterocycles. The van der Waals surface area contributed by atoms with Gasteiger partial charge in [0.1, 0.15) is 0 Å². The summed E-state index contributed by atoms with van der Waals surface area (Å²) in [5, 5.41) is 11.3. The van der Waals surface area contributed by atoms with Crippen LogP contribution in [0, 0.1) is 20.8 Å². The molecule has 0 fully saturated rings. The van der Waals surface area contributed by atoms with Crippen molar-refractivity contribution in [2.75, 3.05) is 13.2 Å². The molecule has 16 heavy (non-hydrogen) atoms. The second kappa shape index (κ2) is 5.66. The molecule has 2 N–H and O–H groups in total. The molecule has 0 bridgehead atoms. The lowest BCUT2D eigenvalue weighted by atomic mass is 9.97. The number of nitrogens with one attached hydrogen (secondary N) is 1. The van der Waals surface area contributed by atoms with Gasteiger partial charge in [-0.1, -0.05) is 17.7 Å². The van der Waals surface area contributed by atoms with E-state index in [0.29, 0.717) is 13.0 Å². The molecule has 1 aromatic rings. The van der Waals surface area contributed by atoms with Crippen LogP contribution in [0.2, 0.25) is 0 Å². The average Bonchev–Trinajstić information content (AvgIpc) is 2.20. The summed E-state index contributed by atoms with van der Waals surface area (Å²) in [7, 11) is 0. The first kappa shape index (κ1) is 12.7. The molecule has 88 valence electrons. The van der Waals surface area contributed by atoms with Crippen molar-refractivity contribution in [3.05, 3.63) is 34.4 Å². The Bertz CT molecular complexity index is 363. The summed E-state index contributed by atoms with van der Waals surface area (Å²) < 4.78 is 0. The Balaban J connectivity index is 2.77. The summed E-state index contributed by atoms with van der Waals surface area (Å²) in [6.07, 6.45) is 0.387. The zero-order valence-electron chi connectivity index (χ0n) is 10.1. The lowest BCUT2D eigenvalue weighted by molar-refractivity contribution is -0.120. The highest BCUT2D eigenvalue weighted by Crippen LogP contribution is 2.16. The molecule has 0 atom stereocenters. The lowest BCUT2D eigenvalue weighted by Crippen LogP contribution is -2.28. The van der Waals surface area contributed by atoms with Crippen molar-refractivity contribution in [3.63, 3.8) is 0 Å². The number of rotatable bonds is 4. The molecule has 0 radical (unpaired) electrons. The summed E-state index contributed by atoms with van der Waals surface area (Å²) in [5.74, 6) is -0.0379. The Morgan fingerprint density at radius 2 is 1.81 bits per heavy atom. The molecule has 1 aromatic carbocycles. The monoisotopic (exact) mass is 221 g/mol. The molecule has 0 aliphatic rings. The van der Waals surface area contributed by atoms with E-state index in [2.05, 4.69) is 24.4 Å². The van der Waals surface area contributed by atoms with Gasteiger partial charge >= 0.3 is 0 Å². The molecule has 0 unspecified atom stereocenters.